The van der Waals surface area contributed by atoms with Gasteiger partial charge in [-0.05, 0) is 38.3 Å². The average molecular weight is 231 g/mol. The lowest BCUT2D eigenvalue weighted by molar-refractivity contribution is 0.297. The highest BCUT2D eigenvalue weighted by atomic mass is 15.0. The molecule has 1 aliphatic rings. The van der Waals surface area contributed by atoms with Crippen LogP contribution in [0.15, 0.2) is 24.3 Å². The Bertz CT molecular complexity index is 348. The lowest BCUT2D eigenvalue weighted by Gasteiger charge is -2.34. The minimum Gasteiger partial charge on any atom is -0.307 e. The van der Waals surface area contributed by atoms with Crippen molar-refractivity contribution in [2.45, 2.75) is 57.9 Å². The molecule has 17 heavy (non-hydrogen) atoms. The summed E-state index contributed by atoms with van der Waals surface area (Å²) in [5.41, 5.74) is 3.13. The van der Waals surface area contributed by atoms with E-state index >= 15 is 0 Å². The number of aryl methyl sites for hydroxylation is 1. The smallest absolute Gasteiger partial charge is 0.0434 e. The molecule has 0 spiro atoms. The normalized spacial score (nSPS) is 25.5. The SMILES string of the molecule is CCCC1(c2cccc(C)c2)CCCCCN1. The molecule has 1 aliphatic heterocycles. The van der Waals surface area contributed by atoms with Gasteiger partial charge in [-0.1, -0.05) is 56.0 Å². The third-order valence-corrected chi connectivity index (χ3v) is 3.99. The van der Waals surface area contributed by atoms with Crippen LogP contribution in [0.25, 0.3) is 0 Å². The first-order chi connectivity index (χ1) is 8.27. The van der Waals surface area contributed by atoms with Crippen LogP contribution >= 0.6 is 0 Å². The molecule has 1 aromatic rings. The molecule has 1 atom stereocenters. The predicted molar refractivity (Wildman–Crippen MR) is 74.2 cm³/mol. The van der Waals surface area contributed by atoms with Crippen molar-refractivity contribution >= 4 is 0 Å². The molecule has 0 aromatic heterocycles. The number of rotatable bonds is 3. The Kier molecular flexibility index (Phi) is 4.22. The van der Waals surface area contributed by atoms with Crippen molar-refractivity contribution in [2.75, 3.05) is 6.54 Å². The molecule has 1 aromatic carbocycles. The van der Waals surface area contributed by atoms with Crippen LogP contribution < -0.4 is 5.32 Å². The second kappa shape index (κ2) is 5.68. The molecular weight excluding hydrogens is 206 g/mol. The van der Waals surface area contributed by atoms with Crippen molar-refractivity contribution in [2.24, 2.45) is 0 Å². The van der Waals surface area contributed by atoms with Gasteiger partial charge in [0.1, 0.15) is 0 Å². The predicted octanol–water partition coefficient (Wildman–Crippen LogP) is 4.15. The Morgan fingerprint density at radius 1 is 1.24 bits per heavy atom. The molecule has 1 heteroatoms. The lowest BCUT2D eigenvalue weighted by atomic mass is 9.81. The molecule has 0 bridgehead atoms. The molecule has 0 radical (unpaired) electrons. The first-order valence-corrected chi connectivity index (χ1v) is 7.09. The minimum absolute atomic E-state index is 0.247. The van der Waals surface area contributed by atoms with Crippen molar-refractivity contribution < 1.29 is 0 Å². The lowest BCUT2D eigenvalue weighted by Crippen LogP contribution is -2.41. The van der Waals surface area contributed by atoms with Crippen LogP contribution in [-0.2, 0) is 5.54 Å². The molecule has 94 valence electrons. The summed E-state index contributed by atoms with van der Waals surface area (Å²) < 4.78 is 0. The molecule has 1 heterocycles. The van der Waals surface area contributed by atoms with Gasteiger partial charge in [-0.3, -0.25) is 0 Å². The Morgan fingerprint density at radius 3 is 2.88 bits per heavy atom. The van der Waals surface area contributed by atoms with Gasteiger partial charge in [-0.2, -0.15) is 0 Å². The fourth-order valence-corrected chi connectivity index (χ4v) is 3.12. The molecule has 0 aliphatic carbocycles. The van der Waals surface area contributed by atoms with Gasteiger partial charge in [0.2, 0.25) is 0 Å². The summed E-state index contributed by atoms with van der Waals surface area (Å²) in [6, 6.07) is 9.07. The second-order valence-electron chi connectivity index (χ2n) is 5.44. The summed E-state index contributed by atoms with van der Waals surface area (Å²) in [7, 11) is 0. The zero-order chi connectivity index (χ0) is 12.1. The molecule has 0 saturated carbocycles. The average Bonchev–Trinajstić information content (AvgIpc) is 2.56. The summed E-state index contributed by atoms with van der Waals surface area (Å²) in [6.45, 7) is 5.66. The first kappa shape index (κ1) is 12.6. The fraction of sp³-hybridized carbons (Fsp3) is 0.625. The number of nitrogens with one attached hydrogen (secondary N) is 1. The van der Waals surface area contributed by atoms with Gasteiger partial charge in [0.25, 0.3) is 0 Å². The molecule has 2 rings (SSSR count). The van der Waals surface area contributed by atoms with E-state index < -0.39 is 0 Å². The van der Waals surface area contributed by atoms with Crippen molar-refractivity contribution in [1.82, 2.24) is 5.32 Å². The van der Waals surface area contributed by atoms with Crippen LogP contribution in [0.1, 0.15) is 56.6 Å². The number of hydrogen-bond donors (Lipinski definition) is 1. The highest BCUT2D eigenvalue weighted by molar-refractivity contribution is 5.29. The van der Waals surface area contributed by atoms with E-state index in [4.69, 9.17) is 0 Å². The summed E-state index contributed by atoms with van der Waals surface area (Å²) in [5, 5.41) is 3.84. The third kappa shape index (κ3) is 2.90. The maximum atomic E-state index is 3.84. The summed E-state index contributed by atoms with van der Waals surface area (Å²) in [6.07, 6.45) is 7.88. The van der Waals surface area contributed by atoms with Crippen LogP contribution in [0, 0.1) is 6.92 Å². The summed E-state index contributed by atoms with van der Waals surface area (Å²) in [4.78, 5) is 0. The van der Waals surface area contributed by atoms with E-state index in [1.807, 2.05) is 0 Å². The Morgan fingerprint density at radius 2 is 2.12 bits per heavy atom. The first-order valence-electron chi connectivity index (χ1n) is 7.09. The summed E-state index contributed by atoms with van der Waals surface area (Å²) in [5.74, 6) is 0. The Labute approximate surface area is 106 Å². The topological polar surface area (TPSA) is 12.0 Å². The monoisotopic (exact) mass is 231 g/mol. The Balaban J connectivity index is 2.31. The van der Waals surface area contributed by atoms with Gasteiger partial charge in [-0.25, -0.2) is 0 Å². The molecule has 1 saturated heterocycles. The van der Waals surface area contributed by atoms with E-state index in [-0.39, 0.29) is 5.54 Å². The molecule has 1 fully saturated rings. The fourth-order valence-electron chi connectivity index (χ4n) is 3.12. The van der Waals surface area contributed by atoms with Crippen LogP contribution in [0.3, 0.4) is 0 Å². The van der Waals surface area contributed by atoms with E-state index in [1.165, 1.54) is 56.2 Å². The maximum absolute atomic E-state index is 3.84. The van der Waals surface area contributed by atoms with Gasteiger partial charge in [-0.15, -0.1) is 0 Å². The minimum atomic E-state index is 0.247. The van der Waals surface area contributed by atoms with E-state index in [0.717, 1.165) is 0 Å². The van der Waals surface area contributed by atoms with Crippen LogP contribution in [-0.4, -0.2) is 6.54 Å². The zero-order valence-electron chi connectivity index (χ0n) is 11.3. The van der Waals surface area contributed by atoms with Crippen molar-refractivity contribution in [3.8, 4) is 0 Å². The molecule has 1 nitrogen and oxygen atoms in total. The Hall–Kier alpha value is -0.820. The van der Waals surface area contributed by atoms with E-state index in [2.05, 4.69) is 43.4 Å². The molecule has 1 N–H and O–H groups in total. The standard InChI is InChI=1S/C16H25N/c1-3-10-16(11-5-4-6-12-17-16)15-9-7-8-14(2)13-15/h7-9,13,17H,3-6,10-12H2,1-2H3. The maximum Gasteiger partial charge on any atom is 0.0434 e. The van der Waals surface area contributed by atoms with Crippen LogP contribution in [0.5, 0.6) is 0 Å². The largest absolute Gasteiger partial charge is 0.307 e. The summed E-state index contributed by atoms with van der Waals surface area (Å²) >= 11 is 0. The second-order valence-corrected chi connectivity index (χ2v) is 5.44. The van der Waals surface area contributed by atoms with Crippen LogP contribution in [0.2, 0.25) is 0 Å². The van der Waals surface area contributed by atoms with Crippen molar-refractivity contribution in [3.63, 3.8) is 0 Å². The van der Waals surface area contributed by atoms with E-state index in [0.29, 0.717) is 0 Å². The molecule has 0 amide bonds. The zero-order valence-corrected chi connectivity index (χ0v) is 11.3. The van der Waals surface area contributed by atoms with E-state index in [9.17, 15) is 0 Å². The highest BCUT2D eigenvalue weighted by Gasteiger charge is 2.31. The highest BCUT2D eigenvalue weighted by Crippen LogP contribution is 2.34. The quantitative estimate of drug-likeness (QED) is 0.824. The molecular formula is C16H25N. The van der Waals surface area contributed by atoms with Gasteiger partial charge in [0, 0.05) is 5.54 Å². The third-order valence-electron chi connectivity index (χ3n) is 3.99. The van der Waals surface area contributed by atoms with Gasteiger partial charge < -0.3 is 5.32 Å². The molecule has 1 unspecified atom stereocenters. The van der Waals surface area contributed by atoms with Gasteiger partial charge >= 0.3 is 0 Å². The van der Waals surface area contributed by atoms with Gasteiger partial charge in [0.05, 0.1) is 0 Å². The number of hydrogen-bond acceptors (Lipinski definition) is 1. The van der Waals surface area contributed by atoms with Gasteiger partial charge in [0.15, 0.2) is 0 Å². The van der Waals surface area contributed by atoms with Crippen LogP contribution in [0.4, 0.5) is 0 Å². The van der Waals surface area contributed by atoms with Crippen molar-refractivity contribution in [3.05, 3.63) is 35.4 Å². The number of benzene rings is 1. The van der Waals surface area contributed by atoms with Crippen molar-refractivity contribution in [1.29, 1.82) is 0 Å². The van der Waals surface area contributed by atoms with E-state index in [1.54, 1.807) is 0 Å².